The number of rotatable bonds is 2. The number of ether oxygens (including phenoxy) is 2. The van der Waals surface area contributed by atoms with Crippen molar-refractivity contribution in [3.63, 3.8) is 0 Å². The number of allylic oxidation sites excluding steroid dienone is 1. The van der Waals surface area contributed by atoms with Gasteiger partial charge in [0.1, 0.15) is 5.60 Å². The fourth-order valence-corrected chi connectivity index (χ4v) is 2.54. The second kappa shape index (κ2) is 3.69. The third kappa shape index (κ3) is 1.95. The van der Waals surface area contributed by atoms with E-state index in [-0.39, 0.29) is 24.2 Å². The SMILES string of the molecule is C=C(CO)[C@@H]1C=C[C@]2(C)OC(C)(C)O[C@@H]2C1. The van der Waals surface area contributed by atoms with Gasteiger partial charge in [0.2, 0.25) is 0 Å². The molecule has 1 aliphatic carbocycles. The van der Waals surface area contributed by atoms with Crippen molar-refractivity contribution in [3.8, 4) is 0 Å². The second-order valence-corrected chi connectivity index (χ2v) is 5.31. The van der Waals surface area contributed by atoms with Crippen molar-refractivity contribution in [2.45, 2.75) is 44.7 Å². The lowest BCUT2D eigenvalue weighted by Crippen LogP contribution is -2.39. The first kappa shape index (κ1) is 11.8. The van der Waals surface area contributed by atoms with Gasteiger partial charge in [0.05, 0.1) is 12.7 Å². The lowest BCUT2D eigenvalue weighted by Gasteiger charge is -2.32. The van der Waals surface area contributed by atoms with Gasteiger partial charge in [0, 0.05) is 5.92 Å². The summed E-state index contributed by atoms with van der Waals surface area (Å²) in [6.45, 7) is 9.81. The van der Waals surface area contributed by atoms with Gasteiger partial charge in [-0.05, 0) is 32.8 Å². The van der Waals surface area contributed by atoms with Crippen molar-refractivity contribution in [3.05, 3.63) is 24.3 Å². The molecule has 0 bridgehead atoms. The Bertz CT molecular complexity index is 332. The van der Waals surface area contributed by atoms with Crippen molar-refractivity contribution in [1.82, 2.24) is 0 Å². The Morgan fingerprint density at radius 1 is 1.50 bits per heavy atom. The minimum Gasteiger partial charge on any atom is -0.392 e. The zero-order valence-electron chi connectivity index (χ0n) is 10.2. The summed E-state index contributed by atoms with van der Waals surface area (Å²) in [4.78, 5) is 0. The third-order valence-corrected chi connectivity index (χ3v) is 3.39. The van der Waals surface area contributed by atoms with E-state index < -0.39 is 5.79 Å². The van der Waals surface area contributed by atoms with E-state index in [9.17, 15) is 0 Å². The van der Waals surface area contributed by atoms with Crippen LogP contribution >= 0.6 is 0 Å². The van der Waals surface area contributed by atoms with E-state index in [0.717, 1.165) is 12.0 Å². The molecule has 0 amide bonds. The van der Waals surface area contributed by atoms with Gasteiger partial charge >= 0.3 is 0 Å². The molecule has 1 N–H and O–H groups in total. The van der Waals surface area contributed by atoms with Gasteiger partial charge in [-0.25, -0.2) is 0 Å². The molecule has 3 nitrogen and oxygen atoms in total. The highest BCUT2D eigenvalue weighted by Gasteiger charge is 2.50. The molecular weight excluding hydrogens is 204 g/mol. The normalized spacial score (nSPS) is 40.8. The van der Waals surface area contributed by atoms with Crippen LogP contribution in [0.2, 0.25) is 0 Å². The monoisotopic (exact) mass is 224 g/mol. The molecule has 0 unspecified atom stereocenters. The molecule has 3 atom stereocenters. The molecule has 16 heavy (non-hydrogen) atoms. The summed E-state index contributed by atoms with van der Waals surface area (Å²) < 4.78 is 11.8. The summed E-state index contributed by atoms with van der Waals surface area (Å²) in [6.07, 6.45) is 4.98. The van der Waals surface area contributed by atoms with Crippen molar-refractivity contribution in [2.75, 3.05) is 6.61 Å². The Balaban J connectivity index is 2.18. The Labute approximate surface area is 96.7 Å². The van der Waals surface area contributed by atoms with Crippen molar-refractivity contribution in [1.29, 1.82) is 0 Å². The fraction of sp³-hybridized carbons (Fsp3) is 0.692. The van der Waals surface area contributed by atoms with Crippen molar-refractivity contribution >= 4 is 0 Å². The minimum atomic E-state index is -0.529. The number of aliphatic hydroxyl groups excluding tert-OH is 1. The predicted octanol–water partition coefficient (Wildman–Crippen LogP) is 2.02. The van der Waals surface area contributed by atoms with Gasteiger partial charge in [-0.2, -0.15) is 0 Å². The van der Waals surface area contributed by atoms with Crippen LogP contribution in [0.5, 0.6) is 0 Å². The molecule has 0 aromatic heterocycles. The maximum Gasteiger partial charge on any atom is 0.164 e. The van der Waals surface area contributed by atoms with Gasteiger partial charge in [-0.15, -0.1) is 0 Å². The molecule has 2 rings (SSSR count). The number of aliphatic hydroxyl groups is 1. The lowest BCUT2D eigenvalue weighted by atomic mass is 9.81. The molecular formula is C13H20O3. The smallest absolute Gasteiger partial charge is 0.164 e. The summed E-state index contributed by atoms with van der Waals surface area (Å²) in [5, 5.41) is 9.09. The van der Waals surface area contributed by atoms with E-state index in [1.807, 2.05) is 26.8 Å². The van der Waals surface area contributed by atoms with E-state index >= 15 is 0 Å². The molecule has 0 aromatic carbocycles. The molecule has 1 saturated heterocycles. The molecule has 0 spiro atoms. The summed E-state index contributed by atoms with van der Waals surface area (Å²) >= 11 is 0. The zero-order valence-corrected chi connectivity index (χ0v) is 10.2. The van der Waals surface area contributed by atoms with Crippen LogP contribution in [-0.2, 0) is 9.47 Å². The van der Waals surface area contributed by atoms with Crippen molar-refractivity contribution < 1.29 is 14.6 Å². The maximum atomic E-state index is 9.09. The molecule has 1 aliphatic heterocycles. The van der Waals surface area contributed by atoms with Gasteiger partial charge in [0.15, 0.2) is 5.79 Å². The van der Waals surface area contributed by atoms with Crippen LogP contribution in [0.4, 0.5) is 0 Å². The van der Waals surface area contributed by atoms with E-state index in [4.69, 9.17) is 14.6 Å². The first-order chi connectivity index (χ1) is 7.36. The molecule has 0 saturated carbocycles. The Kier molecular flexibility index (Phi) is 2.73. The standard InChI is InChI=1S/C13H20O3/c1-9(8-14)10-5-6-13(4)11(7-10)15-12(2,3)16-13/h5-6,10-11,14H,1,7-8H2,2-4H3/t10-,11-,13+/m1/s1. The van der Waals surface area contributed by atoms with E-state index in [0.29, 0.717) is 0 Å². The van der Waals surface area contributed by atoms with Crippen LogP contribution in [-0.4, -0.2) is 29.2 Å². The Hall–Kier alpha value is -0.640. The Morgan fingerprint density at radius 2 is 2.19 bits per heavy atom. The fourth-order valence-electron chi connectivity index (χ4n) is 2.54. The Morgan fingerprint density at radius 3 is 2.81 bits per heavy atom. The largest absolute Gasteiger partial charge is 0.392 e. The molecule has 1 heterocycles. The van der Waals surface area contributed by atoms with E-state index in [2.05, 4.69) is 12.7 Å². The first-order valence-corrected chi connectivity index (χ1v) is 5.72. The van der Waals surface area contributed by atoms with E-state index in [1.165, 1.54) is 0 Å². The number of hydrogen-bond acceptors (Lipinski definition) is 3. The third-order valence-electron chi connectivity index (χ3n) is 3.39. The second-order valence-electron chi connectivity index (χ2n) is 5.31. The highest BCUT2D eigenvalue weighted by atomic mass is 16.8. The topological polar surface area (TPSA) is 38.7 Å². The van der Waals surface area contributed by atoms with Crippen LogP contribution < -0.4 is 0 Å². The molecule has 0 radical (unpaired) electrons. The summed E-state index contributed by atoms with van der Waals surface area (Å²) in [5.41, 5.74) is 0.502. The zero-order chi connectivity index (χ0) is 12.0. The summed E-state index contributed by atoms with van der Waals surface area (Å²) in [7, 11) is 0. The first-order valence-electron chi connectivity index (χ1n) is 5.72. The maximum absolute atomic E-state index is 9.09. The average molecular weight is 224 g/mol. The quantitative estimate of drug-likeness (QED) is 0.729. The van der Waals surface area contributed by atoms with Gasteiger partial charge in [-0.3, -0.25) is 0 Å². The number of fused-ring (bicyclic) bond motifs is 1. The van der Waals surface area contributed by atoms with Crippen molar-refractivity contribution in [2.24, 2.45) is 5.92 Å². The van der Waals surface area contributed by atoms with Crippen LogP contribution in [0.1, 0.15) is 27.2 Å². The van der Waals surface area contributed by atoms with Gasteiger partial charge in [0.25, 0.3) is 0 Å². The van der Waals surface area contributed by atoms with Crippen LogP contribution in [0.15, 0.2) is 24.3 Å². The predicted molar refractivity (Wildman–Crippen MR) is 61.9 cm³/mol. The van der Waals surface area contributed by atoms with Crippen LogP contribution in [0, 0.1) is 5.92 Å². The lowest BCUT2D eigenvalue weighted by molar-refractivity contribution is -0.153. The molecule has 3 heteroatoms. The molecule has 2 aliphatic rings. The van der Waals surface area contributed by atoms with Crippen LogP contribution in [0.3, 0.4) is 0 Å². The van der Waals surface area contributed by atoms with E-state index in [1.54, 1.807) is 0 Å². The van der Waals surface area contributed by atoms with Gasteiger partial charge in [-0.1, -0.05) is 18.7 Å². The number of hydrogen-bond donors (Lipinski definition) is 1. The average Bonchev–Trinajstić information content (AvgIpc) is 2.44. The molecule has 1 fully saturated rings. The summed E-state index contributed by atoms with van der Waals surface area (Å²) in [6, 6.07) is 0. The summed E-state index contributed by atoms with van der Waals surface area (Å²) in [5.74, 6) is -0.334. The highest BCUT2D eigenvalue weighted by molar-refractivity contribution is 5.21. The van der Waals surface area contributed by atoms with Crippen LogP contribution in [0.25, 0.3) is 0 Å². The molecule has 90 valence electrons. The highest BCUT2D eigenvalue weighted by Crippen LogP contribution is 2.43. The van der Waals surface area contributed by atoms with Gasteiger partial charge < -0.3 is 14.6 Å². The minimum absolute atomic E-state index is 0.0304. The molecule has 0 aromatic rings.